The predicted octanol–water partition coefficient (Wildman–Crippen LogP) is 4.23. The summed E-state index contributed by atoms with van der Waals surface area (Å²) in [6, 6.07) is 9.29. The zero-order chi connectivity index (χ0) is 13.4. The van der Waals surface area contributed by atoms with Crippen molar-refractivity contribution in [3.8, 4) is 11.5 Å². The van der Waals surface area contributed by atoms with Gasteiger partial charge in [0.05, 0.1) is 22.9 Å². The first-order chi connectivity index (χ1) is 9.17. The third-order valence-corrected chi connectivity index (χ3v) is 4.75. The smallest absolute Gasteiger partial charge is 0.170 e. The van der Waals surface area contributed by atoms with Crippen molar-refractivity contribution < 1.29 is 14.3 Å². The van der Waals surface area contributed by atoms with Crippen LogP contribution >= 0.6 is 27.3 Å². The highest BCUT2D eigenvalue weighted by Gasteiger charge is 2.28. The van der Waals surface area contributed by atoms with Crippen LogP contribution < -0.4 is 9.47 Å². The number of benzene rings is 1. The fourth-order valence-corrected chi connectivity index (χ4v) is 3.54. The lowest BCUT2D eigenvalue weighted by Gasteiger charge is -2.24. The summed E-state index contributed by atoms with van der Waals surface area (Å²) < 4.78 is 12.1. The second-order valence-corrected chi connectivity index (χ2v) is 6.73. The Labute approximate surface area is 123 Å². The van der Waals surface area contributed by atoms with Crippen LogP contribution in [0.4, 0.5) is 0 Å². The van der Waals surface area contributed by atoms with Gasteiger partial charge in [-0.05, 0) is 46.3 Å². The molecule has 19 heavy (non-hydrogen) atoms. The van der Waals surface area contributed by atoms with Gasteiger partial charge >= 0.3 is 0 Å². The molecule has 0 aliphatic carbocycles. The molecule has 1 unspecified atom stereocenters. The fraction of sp³-hybridized carbons (Fsp3) is 0.214. The number of carbonyl (C=O) groups is 1. The molecular formula is C14H11BrO3S. The van der Waals surface area contributed by atoms with Crippen LogP contribution in [0.25, 0.3) is 0 Å². The van der Waals surface area contributed by atoms with Crippen LogP contribution in [0.15, 0.2) is 34.1 Å². The molecule has 0 amide bonds. The lowest BCUT2D eigenvalue weighted by molar-refractivity contribution is 0.0853. The average Bonchev–Trinajstić information content (AvgIpc) is 2.85. The molecule has 1 aromatic carbocycles. The Morgan fingerprint density at radius 1 is 1.37 bits per heavy atom. The third-order valence-electron chi connectivity index (χ3n) is 3.04. The molecule has 0 saturated carbocycles. The van der Waals surface area contributed by atoms with Crippen molar-refractivity contribution in [2.45, 2.75) is 12.5 Å². The summed E-state index contributed by atoms with van der Waals surface area (Å²) in [6.45, 7) is 0. The van der Waals surface area contributed by atoms with Crippen molar-refractivity contribution in [1.82, 2.24) is 0 Å². The number of ketones is 1. The van der Waals surface area contributed by atoms with Crippen molar-refractivity contribution in [2.75, 3.05) is 7.11 Å². The first-order valence-electron chi connectivity index (χ1n) is 5.80. The maximum absolute atomic E-state index is 12.2. The topological polar surface area (TPSA) is 35.5 Å². The van der Waals surface area contributed by atoms with Gasteiger partial charge in [0, 0.05) is 4.88 Å². The number of rotatable bonds is 2. The molecule has 0 radical (unpaired) electrons. The van der Waals surface area contributed by atoms with E-state index in [1.165, 1.54) is 0 Å². The van der Waals surface area contributed by atoms with Crippen molar-refractivity contribution >= 4 is 33.0 Å². The number of halogens is 1. The Bertz CT molecular complexity index is 635. The van der Waals surface area contributed by atoms with Gasteiger partial charge in [0.15, 0.2) is 5.78 Å². The predicted molar refractivity (Wildman–Crippen MR) is 77.3 cm³/mol. The van der Waals surface area contributed by atoms with Gasteiger partial charge in [0.25, 0.3) is 0 Å². The monoisotopic (exact) mass is 338 g/mol. The van der Waals surface area contributed by atoms with Gasteiger partial charge in [-0.25, -0.2) is 0 Å². The van der Waals surface area contributed by atoms with Gasteiger partial charge in [0.1, 0.15) is 17.6 Å². The lowest BCUT2D eigenvalue weighted by atomic mass is 9.99. The van der Waals surface area contributed by atoms with Gasteiger partial charge in [-0.1, -0.05) is 0 Å². The summed E-state index contributed by atoms with van der Waals surface area (Å²) in [5, 5.41) is 0. The molecule has 3 rings (SSSR count). The van der Waals surface area contributed by atoms with E-state index in [-0.39, 0.29) is 11.9 Å². The number of methoxy groups -OCH3 is 1. The standard InChI is InChI=1S/C14H11BrO3S/c1-17-8-2-3-11-9(6-8)10(16)7-12(18-11)13-4-5-14(15)19-13/h2-6,12H,7H2,1H3. The second kappa shape index (κ2) is 4.98. The molecule has 1 aromatic heterocycles. The number of thiophene rings is 1. The lowest BCUT2D eigenvalue weighted by Crippen LogP contribution is -2.19. The van der Waals surface area contributed by atoms with Crippen LogP contribution in [0.2, 0.25) is 0 Å². The summed E-state index contributed by atoms with van der Waals surface area (Å²) in [4.78, 5) is 13.3. The third kappa shape index (κ3) is 2.40. The Morgan fingerprint density at radius 3 is 2.89 bits per heavy atom. The van der Waals surface area contributed by atoms with Gasteiger partial charge in [-0.2, -0.15) is 0 Å². The second-order valence-electron chi connectivity index (χ2n) is 4.24. The van der Waals surface area contributed by atoms with Crippen LogP contribution in [-0.2, 0) is 0 Å². The molecule has 3 nitrogen and oxygen atoms in total. The van der Waals surface area contributed by atoms with E-state index < -0.39 is 0 Å². The summed E-state index contributed by atoms with van der Waals surface area (Å²) in [6.07, 6.45) is 0.178. The first kappa shape index (κ1) is 12.7. The van der Waals surface area contributed by atoms with E-state index >= 15 is 0 Å². The van der Waals surface area contributed by atoms with Crippen LogP contribution in [0, 0.1) is 0 Å². The molecule has 0 spiro atoms. The highest BCUT2D eigenvalue weighted by atomic mass is 79.9. The molecular weight excluding hydrogens is 328 g/mol. The van der Waals surface area contributed by atoms with E-state index in [9.17, 15) is 4.79 Å². The number of Topliss-reactive ketones (excluding diaryl/α,β-unsaturated/α-hetero) is 1. The zero-order valence-corrected chi connectivity index (χ0v) is 12.6. The number of hydrogen-bond acceptors (Lipinski definition) is 4. The summed E-state index contributed by atoms with van der Waals surface area (Å²) in [5.74, 6) is 1.40. The molecule has 0 saturated heterocycles. The molecule has 0 N–H and O–H groups in total. The van der Waals surface area contributed by atoms with Crippen LogP contribution in [0.3, 0.4) is 0 Å². The van der Waals surface area contributed by atoms with Crippen LogP contribution in [-0.4, -0.2) is 12.9 Å². The molecule has 98 valence electrons. The average molecular weight is 339 g/mol. The SMILES string of the molecule is COc1ccc2c(c1)C(=O)CC(c1ccc(Br)s1)O2. The van der Waals surface area contributed by atoms with Gasteiger partial charge in [0.2, 0.25) is 0 Å². The summed E-state index contributed by atoms with van der Waals surface area (Å²) in [7, 11) is 1.59. The molecule has 0 fully saturated rings. The van der Waals surface area contributed by atoms with E-state index in [1.807, 2.05) is 12.1 Å². The van der Waals surface area contributed by atoms with Gasteiger partial charge in [-0.15, -0.1) is 11.3 Å². The van der Waals surface area contributed by atoms with Gasteiger partial charge in [-0.3, -0.25) is 4.79 Å². The Balaban J connectivity index is 1.94. The molecule has 2 heterocycles. The molecule has 1 aliphatic rings. The molecule has 0 bridgehead atoms. The normalized spacial score (nSPS) is 17.8. The molecule has 1 aliphatic heterocycles. The zero-order valence-electron chi connectivity index (χ0n) is 10.2. The number of hydrogen-bond donors (Lipinski definition) is 0. The molecule has 2 aromatic rings. The quantitative estimate of drug-likeness (QED) is 0.822. The maximum Gasteiger partial charge on any atom is 0.170 e. The Kier molecular flexibility index (Phi) is 3.33. The molecule has 1 atom stereocenters. The highest BCUT2D eigenvalue weighted by molar-refractivity contribution is 9.11. The summed E-state index contributed by atoms with van der Waals surface area (Å²) >= 11 is 5.02. The van der Waals surface area contributed by atoms with Crippen molar-refractivity contribution in [3.63, 3.8) is 0 Å². The van der Waals surface area contributed by atoms with Crippen molar-refractivity contribution in [1.29, 1.82) is 0 Å². The van der Waals surface area contributed by atoms with Crippen molar-refractivity contribution in [3.05, 3.63) is 44.6 Å². The van der Waals surface area contributed by atoms with Crippen LogP contribution in [0.1, 0.15) is 27.8 Å². The fourth-order valence-electron chi connectivity index (χ4n) is 2.09. The number of carbonyl (C=O) groups excluding carboxylic acids is 1. The minimum atomic E-state index is -0.190. The largest absolute Gasteiger partial charge is 0.497 e. The first-order valence-corrected chi connectivity index (χ1v) is 7.41. The Hall–Kier alpha value is -1.33. The van der Waals surface area contributed by atoms with E-state index in [0.29, 0.717) is 23.5 Å². The maximum atomic E-state index is 12.2. The van der Waals surface area contributed by atoms with Crippen molar-refractivity contribution in [2.24, 2.45) is 0 Å². The van der Waals surface area contributed by atoms with E-state index in [1.54, 1.807) is 36.6 Å². The van der Waals surface area contributed by atoms with Crippen LogP contribution in [0.5, 0.6) is 11.5 Å². The minimum Gasteiger partial charge on any atom is -0.497 e. The Morgan fingerprint density at radius 2 is 2.21 bits per heavy atom. The number of ether oxygens (including phenoxy) is 2. The summed E-state index contributed by atoms with van der Waals surface area (Å²) in [5.41, 5.74) is 0.603. The minimum absolute atomic E-state index is 0.0923. The van der Waals surface area contributed by atoms with E-state index in [2.05, 4.69) is 15.9 Å². The number of fused-ring (bicyclic) bond motifs is 1. The highest BCUT2D eigenvalue weighted by Crippen LogP contribution is 2.39. The van der Waals surface area contributed by atoms with Gasteiger partial charge < -0.3 is 9.47 Å². The van der Waals surface area contributed by atoms with E-state index in [0.717, 1.165) is 8.66 Å². The van der Waals surface area contributed by atoms with E-state index in [4.69, 9.17) is 9.47 Å². The molecule has 5 heteroatoms.